The average molecular weight is 546 g/mol. The monoisotopic (exact) mass is 545 g/mol. The van der Waals surface area contributed by atoms with E-state index < -0.39 is 11.5 Å². The second-order valence-electron chi connectivity index (χ2n) is 12.0. The van der Waals surface area contributed by atoms with E-state index in [1.54, 1.807) is 0 Å². The van der Waals surface area contributed by atoms with Crippen molar-refractivity contribution in [1.29, 1.82) is 0 Å². The van der Waals surface area contributed by atoms with Crippen LogP contribution in [0.2, 0.25) is 0 Å². The summed E-state index contributed by atoms with van der Waals surface area (Å²) >= 11 is 0. The number of nitrogens with zero attached hydrogens (tertiary/aromatic N) is 2. The molecule has 3 heterocycles. The van der Waals surface area contributed by atoms with E-state index in [1.165, 1.54) is 0 Å². The molecule has 0 unspecified atom stereocenters. The SMILES string of the molecule is CC1(C)C(=O)N(C2CCN(C(=O)[C@H](CCc3ccccc3)NC(=O)NC[C@H]3CCCNC3)CC2)c2ccccc21. The van der Waals surface area contributed by atoms with Gasteiger partial charge in [-0.05, 0) is 88.6 Å². The van der Waals surface area contributed by atoms with Crippen LogP contribution in [0.25, 0.3) is 0 Å². The molecule has 2 aromatic carbocycles. The Hall–Kier alpha value is -3.39. The van der Waals surface area contributed by atoms with Crippen LogP contribution in [0.4, 0.5) is 10.5 Å². The predicted molar refractivity (Wildman–Crippen MR) is 157 cm³/mol. The van der Waals surface area contributed by atoms with Gasteiger partial charge in [0.2, 0.25) is 11.8 Å². The molecule has 3 N–H and O–H groups in total. The molecule has 0 aromatic heterocycles. The third kappa shape index (κ3) is 6.17. The van der Waals surface area contributed by atoms with Gasteiger partial charge in [0.15, 0.2) is 0 Å². The summed E-state index contributed by atoms with van der Waals surface area (Å²) in [5.41, 5.74) is 2.66. The minimum atomic E-state index is -0.602. The number of carbonyl (C=O) groups is 3. The van der Waals surface area contributed by atoms with Gasteiger partial charge in [0.05, 0.1) is 5.41 Å². The van der Waals surface area contributed by atoms with Crippen molar-refractivity contribution in [2.75, 3.05) is 37.6 Å². The minimum absolute atomic E-state index is 0.0441. The summed E-state index contributed by atoms with van der Waals surface area (Å²) in [5.74, 6) is 0.503. The molecule has 2 atom stereocenters. The summed E-state index contributed by atoms with van der Waals surface area (Å²) in [4.78, 5) is 43.9. The first-order valence-corrected chi connectivity index (χ1v) is 14.9. The zero-order valence-electron chi connectivity index (χ0n) is 23.8. The minimum Gasteiger partial charge on any atom is -0.341 e. The van der Waals surface area contributed by atoms with E-state index in [1.807, 2.05) is 66.1 Å². The molecule has 0 bridgehead atoms. The number of hydrogen-bond acceptors (Lipinski definition) is 4. The number of likely N-dealkylation sites (tertiary alicyclic amines) is 1. The number of benzene rings is 2. The lowest BCUT2D eigenvalue weighted by atomic mass is 9.86. The molecule has 214 valence electrons. The molecule has 5 rings (SSSR count). The molecule has 3 aliphatic rings. The Balaban J connectivity index is 1.21. The Morgan fingerprint density at radius 1 is 1.02 bits per heavy atom. The van der Waals surface area contributed by atoms with Gasteiger partial charge in [-0.25, -0.2) is 4.79 Å². The van der Waals surface area contributed by atoms with E-state index in [2.05, 4.69) is 28.1 Å². The van der Waals surface area contributed by atoms with E-state index >= 15 is 0 Å². The van der Waals surface area contributed by atoms with E-state index in [0.29, 0.717) is 51.2 Å². The van der Waals surface area contributed by atoms with Crippen molar-refractivity contribution in [3.63, 3.8) is 0 Å². The molecule has 0 spiro atoms. The van der Waals surface area contributed by atoms with Crippen LogP contribution in [0.1, 0.15) is 57.1 Å². The van der Waals surface area contributed by atoms with Crippen LogP contribution in [0.5, 0.6) is 0 Å². The second-order valence-corrected chi connectivity index (χ2v) is 12.0. The van der Waals surface area contributed by atoms with Gasteiger partial charge in [0.25, 0.3) is 0 Å². The van der Waals surface area contributed by atoms with Gasteiger partial charge < -0.3 is 25.8 Å². The van der Waals surface area contributed by atoms with Crippen LogP contribution >= 0.6 is 0 Å². The van der Waals surface area contributed by atoms with Gasteiger partial charge in [-0.15, -0.1) is 0 Å². The smallest absolute Gasteiger partial charge is 0.315 e. The number of anilines is 1. The molecule has 2 aromatic rings. The Bertz CT molecular complexity index is 1190. The number of rotatable bonds is 8. The number of carbonyl (C=O) groups excluding carboxylic acids is 3. The van der Waals surface area contributed by atoms with Gasteiger partial charge in [0.1, 0.15) is 6.04 Å². The molecule has 8 nitrogen and oxygen atoms in total. The zero-order chi connectivity index (χ0) is 28.1. The van der Waals surface area contributed by atoms with Gasteiger partial charge in [0, 0.05) is 31.4 Å². The van der Waals surface area contributed by atoms with Crippen LogP contribution in [0, 0.1) is 5.92 Å². The highest BCUT2D eigenvalue weighted by molar-refractivity contribution is 6.08. The van der Waals surface area contributed by atoms with Gasteiger partial charge in [-0.3, -0.25) is 9.59 Å². The Morgan fingerprint density at radius 2 is 1.75 bits per heavy atom. The number of urea groups is 1. The van der Waals surface area contributed by atoms with Crippen molar-refractivity contribution in [2.24, 2.45) is 5.92 Å². The Labute approximate surface area is 237 Å². The van der Waals surface area contributed by atoms with Crippen LogP contribution in [-0.4, -0.2) is 67.6 Å². The van der Waals surface area contributed by atoms with Crippen molar-refractivity contribution in [1.82, 2.24) is 20.9 Å². The zero-order valence-corrected chi connectivity index (χ0v) is 23.8. The summed E-state index contributed by atoms with van der Waals surface area (Å²) in [5, 5.41) is 9.37. The number of fused-ring (bicyclic) bond motifs is 1. The normalized spacial score (nSPS) is 21.6. The number of piperidine rings is 2. The maximum Gasteiger partial charge on any atom is 0.315 e. The van der Waals surface area contributed by atoms with Crippen LogP contribution in [0.15, 0.2) is 54.6 Å². The fourth-order valence-electron chi connectivity index (χ4n) is 6.42. The standard InChI is InChI=1S/C32H43N5O3/c1-32(2)26-12-6-7-13-28(26)37(30(32)39)25-16-19-36(20-17-25)29(38)27(15-14-23-9-4-3-5-10-23)35-31(40)34-22-24-11-8-18-33-21-24/h3-7,9-10,12-13,24-25,27,33H,8,11,14-22H2,1-2H3,(H2,34,35,40)/t24-,27-/m0/s1. The van der Waals surface area contributed by atoms with Crippen LogP contribution < -0.4 is 20.9 Å². The molecular weight excluding hydrogens is 502 g/mol. The Morgan fingerprint density at radius 3 is 2.48 bits per heavy atom. The van der Waals surface area contributed by atoms with Crippen molar-refractivity contribution in [3.05, 3.63) is 65.7 Å². The van der Waals surface area contributed by atoms with Crippen molar-refractivity contribution in [3.8, 4) is 0 Å². The first-order valence-electron chi connectivity index (χ1n) is 14.9. The van der Waals surface area contributed by atoms with E-state index in [0.717, 1.165) is 42.7 Å². The molecular formula is C32H43N5O3. The van der Waals surface area contributed by atoms with E-state index in [-0.39, 0.29) is 23.9 Å². The first-order chi connectivity index (χ1) is 19.3. The van der Waals surface area contributed by atoms with Crippen LogP contribution in [-0.2, 0) is 21.4 Å². The maximum absolute atomic E-state index is 13.7. The number of para-hydroxylation sites is 1. The molecule has 8 heteroatoms. The van der Waals surface area contributed by atoms with Crippen molar-refractivity contribution < 1.29 is 14.4 Å². The summed E-state index contributed by atoms with van der Waals surface area (Å²) in [6.45, 7) is 7.66. The lowest BCUT2D eigenvalue weighted by Crippen LogP contribution is -2.55. The second kappa shape index (κ2) is 12.4. The molecule has 3 aliphatic heterocycles. The number of aryl methyl sites for hydroxylation is 1. The average Bonchev–Trinajstić information content (AvgIpc) is 3.19. The third-order valence-electron chi connectivity index (χ3n) is 8.85. The maximum atomic E-state index is 13.7. The lowest BCUT2D eigenvalue weighted by molar-refractivity contribution is -0.134. The molecule has 4 amide bonds. The number of nitrogens with one attached hydrogen (secondary N) is 3. The lowest BCUT2D eigenvalue weighted by Gasteiger charge is -2.38. The van der Waals surface area contributed by atoms with Crippen molar-refractivity contribution in [2.45, 2.75) is 69.9 Å². The highest BCUT2D eigenvalue weighted by atomic mass is 16.2. The summed E-state index contributed by atoms with van der Waals surface area (Å²) in [6.07, 6.45) is 4.89. The summed E-state index contributed by atoms with van der Waals surface area (Å²) < 4.78 is 0. The van der Waals surface area contributed by atoms with Crippen molar-refractivity contribution >= 4 is 23.5 Å². The molecule has 40 heavy (non-hydrogen) atoms. The molecule has 0 saturated carbocycles. The summed E-state index contributed by atoms with van der Waals surface area (Å²) in [6, 6.07) is 17.3. The first kappa shape index (κ1) is 28.1. The number of amides is 4. The van der Waals surface area contributed by atoms with E-state index in [9.17, 15) is 14.4 Å². The molecule has 2 fully saturated rings. The van der Waals surface area contributed by atoms with Gasteiger partial charge in [-0.2, -0.15) is 0 Å². The molecule has 0 radical (unpaired) electrons. The fraction of sp³-hybridized carbons (Fsp3) is 0.531. The van der Waals surface area contributed by atoms with Crippen LogP contribution in [0.3, 0.4) is 0 Å². The molecule has 2 saturated heterocycles. The topological polar surface area (TPSA) is 93.8 Å². The molecule has 0 aliphatic carbocycles. The van der Waals surface area contributed by atoms with Gasteiger partial charge in [-0.1, -0.05) is 48.5 Å². The fourth-order valence-corrected chi connectivity index (χ4v) is 6.42. The quantitative estimate of drug-likeness (QED) is 0.473. The summed E-state index contributed by atoms with van der Waals surface area (Å²) in [7, 11) is 0. The van der Waals surface area contributed by atoms with Gasteiger partial charge >= 0.3 is 6.03 Å². The predicted octanol–water partition coefficient (Wildman–Crippen LogP) is 3.60. The number of hydrogen-bond donors (Lipinski definition) is 3. The third-order valence-corrected chi connectivity index (χ3v) is 8.85. The Kier molecular flexibility index (Phi) is 8.74. The highest BCUT2D eigenvalue weighted by Crippen LogP contribution is 2.43. The van der Waals surface area contributed by atoms with E-state index in [4.69, 9.17) is 0 Å². The highest BCUT2D eigenvalue weighted by Gasteiger charge is 2.46. The largest absolute Gasteiger partial charge is 0.341 e.